The van der Waals surface area contributed by atoms with E-state index in [-0.39, 0.29) is 5.56 Å². The molecule has 1 rings (SSSR count). The van der Waals surface area contributed by atoms with Gasteiger partial charge in [-0.2, -0.15) is 12.7 Å². The maximum absolute atomic E-state index is 12.0. The molecule has 106 valence electrons. The lowest BCUT2D eigenvalue weighted by atomic mass is 10.1. The fourth-order valence-electron chi connectivity index (χ4n) is 1.68. The largest absolute Gasteiger partial charge is 0.478 e. The maximum Gasteiger partial charge on any atom is 0.335 e. The number of aryl methyl sites for hydroxylation is 1. The molecule has 0 saturated carbocycles. The smallest absolute Gasteiger partial charge is 0.335 e. The van der Waals surface area contributed by atoms with E-state index < -0.39 is 16.2 Å². The Morgan fingerprint density at radius 1 is 1.32 bits per heavy atom. The van der Waals surface area contributed by atoms with Gasteiger partial charge < -0.3 is 5.11 Å². The van der Waals surface area contributed by atoms with Crippen molar-refractivity contribution in [3.8, 4) is 0 Å². The van der Waals surface area contributed by atoms with Crippen LogP contribution in [0.25, 0.3) is 0 Å². The first kappa shape index (κ1) is 15.5. The molecule has 6 nitrogen and oxygen atoms in total. The summed E-state index contributed by atoms with van der Waals surface area (Å²) in [6.45, 7) is 5.91. The normalized spacial score (nSPS) is 11.6. The zero-order chi connectivity index (χ0) is 14.6. The van der Waals surface area contributed by atoms with Gasteiger partial charge in [-0.15, -0.1) is 0 Å². The molecule has 0 aromatic heterocycles. The molecule has 2 N–H and O–H groups in total. The van der Waals surface area contributed by atoms with Gasteiger partial charge in [-0.25, -0.2) is 4.79 Å². The first-order valence-electron chi connectivity index (χ1n) is 5.93. The number of hydrogen-bond donors (Lipinski definition) is 2. The maximum atomic E-state index is 12.0. The summed E-state index contributed by atoms with van der Waals surface area (Å²) < 4.78 is 27.8. The molecule has 0 heterocycles. The summed E-state index contributed by atoms with van der Waals surface area (Å²) in [5.74, 6) is -1.04. The number of nitrogens with one attached hydrogen (secondary N) is 1. The molecule has 0 aliphatic carbocycles. The fourth-order valence-corrected chi connectivity index (χ4v) is 2.99. The van der Waals surface area contributed by atoms with E-state index in [1.54, 1.807) is 20.8 Å². The van der Waals surface area contributed by atoms with Crippen molar-refractivity contribution in [1.29, 1.82) is 0 Å². The summed E-state index contributed by atoms with van der Waals surface area (Å²) in [4.78, 5) is 10.8. The van der Waals surface area contributed by atoms with Crippen LogP contribution in [0.5, 0.6) is 0 Å². The Morgan fingerprint density at radius 3 is 2.32 bits per heavy atom. The monoisotopic (exact) mass is 286 g/mol. The van der Waals surface area contributed by atoms with E-state index in [1.807, 2.05) is 0 Å². The van der Waals surface area contributed by atoms with Crippen LogP contribution in [0.3, 0.4) is 0 Å². The first-order valence-corrected chi connectivity index (χ1v) is 7.37. The van der Waals surface area contributed by atoms with Crippen molar-refractivity contribution >= 4 is 21.9 Å². The van der Waals surface area contributed by atoms with Gasteiger partial charge in [-0.1, -0.05) is 13.8 Å². The molecule has 0 unspecified atom stereocenters. The number of carbonyl (C=O) groups is 1. The van der Waals surface area contributed by atoms with E-state index in [1.165, 1.54) is 22.5 Å². The van der Waals surface area contributed by atoms with E-state index >= 15 is 0 Å². The third-order valence-corrected chi connectivity index (χ3v) is 4.43. The van der Waals surface area contributed by atoms with Gasteiger partial charge in [0.05, 0.1) is 11.3 Å². The van der Waals surface area contributed by atoms with Crippen molar-refractivity contribution in [3.63, 3.8) is 0 Å². The molecule has 0 amide bonds. The lowest BCUT2D eigenvalue weighted by Crippen LogP contribution is -2.35. The number of benzene rings is 1. The van der Waals surface area contributed by atoms with Gasteiger partial charge in [0.1, 0.15) is 0 Å². The van der Waals surface area contributed by atoms with E-state index in [2.05, 4.69) is 4.72 Å². The third kappa shape index (κ3) is 3.68. The fraction of sp³-hybridized carbons (Fsp3) is 0.417. The molecule has 0 bridgehead atoms. The third-order valence-electron chi connectivity index (χ3n) is 2.76. The van der Waals surface area contributed by atoms with E-state index in [9.17, 15) is 13.2 Å². The second-order valence-electron chi connectivity index (χ2n) is 4.03. The zero-order valence-electron chi connectivity index (χ0n) is 11.2. The molecule has 0 spiro atoms. The average molecular weight is 286 g/mol. The molecule has 0 radical (unpaired) electrons. The Hall–Kier alpha value is -1.60. The lowest BCUT2D eigenvalue weighted by molar-refractivity contribution is 0.0697. The van der Waals surface area contributed by atoms with Gasteiger partial charge in [-0.05, 0) is 30.7 Å². The summed E-state index contributed by atoms with van der Waals surface area (Å²) in [7, 11) is -3.60. The Balaban J connectivity index is 3.04. The molecule has 0 aliphatic rings. The number of hydrogen-bond acceptors (Lipinski definition) is 3. The summed E-state index contributed by atoms with van der Waals surface area (Å²) in [5.41, 5.74) is 1.08. The number of aromatic carboxylic acids is 1. The van der Waals surface area contributed by atoms with Crippen LogP contribution >= 0.6 is 0 Å². The second kappa shape index (κ2) is 6.03. The Kier molecular flexibility index (Phi) is 4.90. The van der Waals surface area contributed by atoms with Gasteiger partial charge in [0.2, 0.25) is 0 Å². The number of nitrogens with zero attached hydrogens (tertiary/aromatic N) is 1. The molecule has 1 aromatic rings. The summed E-state index contributed by atoms with van der Waals surface area (Å²) in [5, 5.41) is 8.85. The molecule has 7 heteroatoms. The highest BCUT2D eigenvalue weighted by molar-refractivity contribution is 7.90. The van der Waals surface area contributed by atoms with Gasteiger partial charge >= 0.3 is 16.2 Å². The van der Waals surface area contributed by atoms with E-state index in [4.69, 9.17) is 5.11 Å². The zero-order valence-corrected chi connectivity index (χ0v) is 12.0. The second-order valence-corrected chi connectivity index (χ2v) is 5.70. The van der Waals surface area contributed by atoms with Crippen molar-refractivity contribution < 1.29 is 18.3 Å². The Labute approximate surface area is 113 Å². The van der Waals surface area contributed by atoms with Crippen LogP contribution in [0.15, 0.2) is 18.2 Å². The molecular weight excluding hydrogens is 268 g/mol. The lowest BCUT2D eigenvalue weighted by Gasteiger charge is -2.20. The Morgan fingerprint density at radius 2 is 1.89 bits per heavy atom. The van der Waals surface area contributed by atoms with Crippen molar-refractivity contribution in [2.75, 3.05) is 17.8 Å². The van der Waals surface area contributed by atoms with Crippen molar-refractivity contribution in [2.24, 2.45) is 0 Å². The predicted octanol–water partition coefficient (Wildman–Crippen LogP) is 1.69. The van der Waals surface area contributed by atoms with Gasteiger partial charge in [0.25, 0.3) is 0 Å². The standard InChI is InChI=1S/C12H18N2O4S/c1-4-14(5-2)19(17,18)13-11-7-6-10(12(15)16)8-9(11)3/h6-8,13H,4-5H2,1-3H3,(H,15,16). The molecule has 1 aromatic carbocycles. The quantitative estimate of drug-likeness (QED) is 0.833. The highest BCUT2D eigenvalue weighted by Gasteiger charge is 2.19. The summed E-state index contributed by atoms with van der Waals surface area (Å²) in [6, 6.07) is 4.26. The molecule has 19 heavy (non-hydrogen) atoms. The molecular formula is C12H18N2O4S. The minimum Gasteiger partial charge on any atom is -0.478 e. The minimum absolute atomic E-state index is 0.128. The topological polar surface area (TPSA) is 86.7 Å². The SMILES string of the molecule is CCN(CC)S(=O)(=O)Nc1ccc(C(=O)O)cc1C. The van der Waals surface area contributed by atoms with Crippen LogP contribution in [-0.2, 0) is 10.2 Å². The van der Waals surface area contributed by atoms with Gasteiger partial charge in [0.15, 0.2) is 0 Å². The first-order chi connectivity index (χ1) is 8.81. The number of anilines is 1. The number of rotatable bonds is 6. The van der Waals surface area contributed by atoms with Crippen LogP contribution in [0, 0.1) is 6.92 Å². The van der Waals surface area contributed by atoms with Crippen LogP contribution in [0.4, 0.5) is 5.69 Å². The number of carboxylic acids is 1. The summed E-state index contributed by atoms with van der Waals surface area (Å²) in [6.07, 6.45) is 0. The predicted molar refractivity (Wildman–Crippen MR) is 73.6 cm³/mol. The molecule has 0 aliphatic heterocycles. The van der Waals surface area contributed by atoms with E-state index in [0.717, 1.165) is 0 Å². The molecule has 0 saturated heterocycles. The van der Waals surface area contributed by atoms with Gasteiger partial charge in [-0.3, -0.25) is 4.72 Å². The average Bonchev–Trinajstić information content (AvgIpc) is 2.32. The minimum atomic E-state index is -3.60. The van der Waals surface area contributed by atoms with Crippen LogP contribution in [-0.4, -0.2) is 36.9 Å². The molecule has 0 atom stereocenters. The molecule has 0 fully saturated rings. The summed E-state index contributed by atoms with van der Waals surface area (Å²) >= 11 is 0. The highest BCUT2D eigenvalue weighted by Crippen LogP contribution is 2.19. The van der Waals surface area contributed by atoms with Crippen molar-refractivity contribution in [2.45, 2.75) is 20.8 Å². The van der Waals surface area contributed by atoms with Crippen LogP contribution < -0.4 is 4.72 Å². The van der Waals surface area contributed by atoms with E-state index in [0.29, 0.717) is 24.3 Å². The number of carboxylic acid groups (broad SMARTS) is 1. The van der Waals surface area contributed by atoms with Crippen molar-refractivity contribution in [1.82, 2.24) is 4.31 Å². The Bertz CT molecular complexity index is 565. The highest BCUT2D eigenvalue weighted by atomic mass is 32.2. The van der Waals surface area contributed by atoms with Crippen LogP contribution in [0.2, 0.25) is 0 Å². The van der Waals surface area contributed by atoms with Gasteiger partial charge in [0, 0.05) is 13.1 Å². The van der Waals surface area contributed by atoms with Crippen LogP contribution in [0.1, 0.15) is 29.8 Å². The van der Waals surface area contributed by atoms with Crippen molar-refractivity contribution in [3.05, 3.63) is 29.3 Å².